The van der Waals surface area contributed by atoms with Gasteiger partial charge in [0.2, 0.25) is 0 Å². The number of thioether (sulfide) groups is 2. The highest BCUT2D eigenvalue weighted by Crippen LogP contribution is 2.46. The number of hydrogen-bond donors (Lipinski definition) is 4. The number of likely N-dealkylation sites (tertiary alicyclic amines) is 1. The van der Waals surface area contributed by atoms with E-state index in [9.17, 15) is 26.4 Å². The van der Waals surface area contributed by atoms with Crippen molar-refractivity contribution in [3.05, 3.63) is 132 Å². The second-order valence-electron chi connectivity index (χ2n) is 19.8. The van der Waals surface area contributed by atoms with Gasteiger partial charge in [0.05, 0.1) is 23.9 Å². The number of piperidine rings is 1. The van der Waals surface area contributed by atoms with Crippen LogP contribution in [0.3, 0.4) is 0 Å². The lowest BCUT2D eigenvalue weighted by molar-refractivity contribution is -0.150. The zero-order valence-electron chi connectivity index (χ0n) is 44.4. The average molecular weight is 1200 g/mol. The Morgan fingerprint density at radius 1 is 0.848 bits per heavy atom. The number of anilines is 4. The van der Waals surface area contributed by atoms with E-state index in [1.807, 2.05) is 78.9 Å². The summed E-state index contributed by atoms with van der Waals surface area (Å²) in [5.41, 5.74) is 1.65. The Morgan fingerprint density at radius 2 is 1.52 bits per heavy atom. The molecule has 2 aliphatic rings. The van der Waals surface area contributed by atoms with E-state index in [4.69, 9.17) is 26.1 Å². The van der Waals surface area contributed by atoms with Gasteiger partial charge in [0, 0.05) is 105 Å². The van der Waals surface area contributed by atoms with Crippen LogP contribution >= 0.6 is 55.4 Å². The highest BCUT2D eigenvalue weighted by atomic mass is 35.5. The molecule has 3 heterocycles. The summed E-state index contributed by atoms with van der Waals surface area (Å²) in [4.78, 5) is 39.0. The lowest BCUT2D eigenvalue weighted by Crippen LogP contribution is -2.46. The Kier molecular flexibility index (Phi) is 21.0. The van der Waals surface area contributed by atoms with Gasteiger partial charge >= 0.3 is 11.5 Å². The molecule has 0 bridgehead atoms. The molecule has 2 saturated heterocycles. The summed E-state index contributed by atoms with van der Waals surface area (Å²) < 4.78 is 96.3. The van der Waals surface area contributed by atoms with Crippen LogP contribution in [0.15, 0.2) is 135 Å². The first-order chi connectivity index (χ1) is 37.8. The second-order valence-corrected chi connectivity index (χ2v) is 26.2. The Hall–Kier alpha value is -4.63. The van der Waals surface area contributed by atoms with Crippen molar-refractivity contribution in [2.45, 2.75) is 83.6 Å². The molecule has 0 amide bonds. The van der Waals surface area contributed by atoms with Gasteiger partial charge in [-0.15, -0.1) is 23.5 Å². The molecule has 2 aliphatic heterocycles. The molecule has 0 unspecified atom stereocenters. The quantitative estimate of drug-likeness (QED) is 0.0121. The predicted octanol–water partition coefficient (Wildman–Crippen LogP) is 13.9. The fourth-order valence-corrected chi connectivity index (χ4v) is 14.2. The molecule has 5 aromatic carbocycles. The van der Waals surface area contributed by atoms with Crippen LogP contribution < -0.4 is 19.8 Å². The third kappa shape index (κ3) is 15.5. The first kappa shape index (κ1) is 60.5. The van der Waals surface area contributed by atoms with Crippen molar-refractivity contribution in [3.63, 3.8) is 0 Å². The molecule has 12 nitrogen and oxygen atoms in total. The summed E-state index contributed by atoms with van der Waals surface area (Å²) >= 11 is 10.5. The molecule has 0 aliphatic carbocycles. The minimum absolute atomic E-state index is 0.120. The van der Waals surface area contributed by atoms with Crippen molar-refractivity contribution in [1.82, 2.24) is 9.47 Å². The third-order valence-electron chi connectivity index (χ3n) is 14.1. The number of piperazine rings is 1. The fraction of sp³-hybridized carbons (Fsp3) is 0.386. The molecule has 6 aromatic rings. The van der Waals surface area contributed by atoms with E-state index in [-0.39, 0.29) is 47.1 Å². The number of nitrogens with zero attached hydrogens (tertiary/aromatic N) is 4. The second kappa shape index (κ2) is 27.4. The van der Waals surface area contributed by atoms with E-state index in [0.29, 0.717) is 88.0 Å². The first-order valence-electron chi connectivity index (χ1n) is 26.1. The van der Waals surface area contributed by atoms with Crippen LogP contribution in [0, 0.1) is 18.7 Å². The van der Waals surface area contributed by atoms with E-state index >= 15 is 4.39 Å². The maximum atomic E-state index is 15.7. The zero-order chi connectivity index (χ0) is 56.4. The largest absolute Gasteiger partial charge is 0.501 e. The van der Waals surface area contributed by atoms with E-state index in [1.54, 1.807) is 30.0 Å². The molecule has 22 heteroatoms. The molecule has 1 atom stereocenters. The number of sulfone groups is 1. The number of alkyl halides is 3. The van der Waals surface area contributed by atoms with Crippen LogP contribution in [0.5, 0.6) is 0 Å². The Labute approximate surface area is 480 Å². The summed E-state index contributed by atoms with van der Waals surface area (Å²) in [6.45, 7) is 10.9. The number of rotatable bonds is 23. The maximum absolute atomic E-state index is 15.7. The number of carbonyl (C=O) groups excluding carboxylic acids is 1. The van der Waals surface area contributed by atoms with Gasteiger partial charge in [-0.2, -0.15) is 13.2 Å². The molecule has 4 N–H and O–H groups in total. The number of ether oxygens (including phenoxy) is 1. The molecule has 79 heavy (non-hydrogen) atoms. The van der Waals surface area contributed by atoms with Crippen LogP contribution in [-0.2, 0) is 19.4 Å². The van der Waals surface area contributed by atoms with Gasteiger partial charge < -0.3 is 43.8 Å². The van der Waals surface area contributed by atoms with Gasteiger partial charge in [0.15, 0.2) is 8.38 Å². The maximum Gasteiger partial charge on any atom is 0.501 e. The predicted molar refractivity (Wildman–Crippen MR) is 317 cm³/mol. The van der Waals surface area contributed by atoms with Gasteiger partial charge in [-0.05, 0) is 174 Å². The van der Waals surface area contributed by atoms with E-state index in [2.05, 4.69) is 62.4 Å². The third-order valence-corrected chi connectivity index (χ3v) is 19.5. The molecule has 8 rings (SSSR count). The lowest BCUT2D eigenvalue weighted by Gasteiger charge is -2.37. The number of benzene rings is 5. The zero-order valence-corrected chi connectivity index (χ0v) is 49.3. The minimum atomic E-state index is -5.79. The van der Waals surface area contributed by atoms with Gasteiger partial charge in [-0.25, -0.2) is 12.8 Å². The van der Waals surface area contributed by atoms with Crippen molar-refractivity contribution in [1.29, 1.82) is 0 Å². The molecule has 0 radical (unpaired) electrons. The van der Waals surface area contributed by atoms with Crippen LogP contribution in [0.25, 0.3) is 22.4 Å². The number of esters is 1. The number of nitrogens with one attached hydrogen (secondary N) is 2. The van der Waals surface area contributed by atoms with Crippen LogP contribution in [-0.4, -0.2) is 116 Å². The highest BCUT2D eigenvalue weighted by Gasteiger charge is 2.48. The Balaban J connectivity index is 0.911. The van der Waals surface area contributed by atoms with E-state index < -0.39 is 34.7 Å². The molecule has 1 aromatic heterocycles. The van der Waals surface area contributed by atoms with Crippen molar-refractivity contribution in [3.8, 4) is 22.4 Å². The topological polar surface area (TPSA) is 140 Å². The highest BCUT2D eigenvalue weighted by molar-refractivity contribution is 8.00. The molecule has 2 fully saturated rings. The Morgan fingerprint density at radius 3 is 2.15 bits per heavy atom. The summed E-state index contributed by atoms with van der Waals surface area (Å²) in [6.07, 6.45) is 4.20. The lowest BCUT2D eigenvalue weighted by atomic mass is 9.96. The summed E-state index contributed by atoms with van der Waals surface area (Å²) in [6, 6.07) is 34.0. The van der Waals surface area contributed by atoms with E-state index in [1.165, 1.54) is 17.8 Å². The summed E-state index contributed by atoms with van der Waals surface area (Å²) in [5.74, 6) is -0.483. The average Bonchev–Trinajstić information content (AvgIpc) is 3.95. The van der Waals surface area contributed by atoms with Crippen LogP contribution in [0.2, 0.25) is 5.02 Å². The molecule has 0 spiro atoms. The van der Waals surface area contributed by atoms with Crippen LogP contribution in [0.4, 0.5) is 40.3 Å². The Bertz CT molecular complexity index is 3110. The van der Waals surface area contributed by atoms with Gasteiger partial charge in [-0.1, -0.05) is 41.9 Å². The monoisotopic (exact) mass is 1200 g/mol. The van der Waals surface area contributed by atoms with Gasteiger partial charge in [-0.3, -0.25) is 4.79 Å². The van der Waals surface area contributed by atoms with Crippen LogP contribution in [0.1, 0.15) is 51.3 Å². The van der Waals surface area contributed by atoms with Gasteiger partial charge in [0.1, 0.15) is 10.7 Å². The fourth-order valence-electron chi connectivity index (χ4n) is 10.1. The SMILES string of the molecule is CSc1c(-c2cc(F)cc(N3CCN(c4ccc(NSc5ccc(N[C@H](CCN6CCC(C(=O)OCCCP(O)O)CC6)CSc6ccccc6)c(S(=O)(=O)C(F)(F)F)c5)cc4)CC3)c2)c(-c2ccc(Cl)cc2)n(C(C)C)c1C. The first-order valence-corrected chi connectivity index (χ1v) is 32.4. The number of hydrogen-bond acceptors (Lipinski definition) is 14. The minimum Gasteiger partial charge on any atom is -0.465 e. The van der Waals surface area contributed by atoms with Crippen molar-refractivity contribution < 1.29 is 45.3 Å². The number of halogens is 5. The molecule has 0 saturated carbocycles. The van der Waals surface area contributed by atoms with Crippen molar-refractivity contribution in [2.24, 2.45) is 5.92 Å². The molecular weight excluding hydrogens is 1140 g/mol. The number of carbonyl (C=O) groups is 1. The smallest absolute Gasteiger partial charge is 0.465 e. The molecule has 424 valence electrons. The standard InChI is InChI=1S/C57H66ClF4N6O6PS4/c1-38(2)68-39(3)55(76-4)53(54(68)40-11-13-43(58)14-12-40)42-33-44(59)35-48(34-42)67-29-27-66(28-30-67)47-17-15-45(16-18-47)64-78-50-19-20-51(52(36-50)79(72,73)57(60,61)62)63-46(37-77-49-9-6-5-7-10-49)23-26-65-24-21-41(22-25-65)56(69)74-31-8-32-75(70)71/h5-7,9-20,33-36,38,41,46,63-64,70-71H,8,21-32,37H2,1-4H3/t46-/m1/s1. The summed E-state index contributed by atoms with van der Waals surface area (Å²) in [5, 5.41) is 3.83. The molecular formula is C57H66ClF4N6O6PS4. The normalized spacial score (nSPS) is 15.3. The number of aromatic nitrogens is 1. The van der Waals surface area contributed by atoms with Crippen molar-refractivity contribution in [2.75, 3.05) is 90.4 Å². The van der Waals surface area contributed by atoms with Gasteiger partial charge in [0.25, 0.3) is 9.84 Å². The van der Waals surface area contributed by atoms with Crippen molar-refractivity contribution >= 4 is 94.0 Å². The summed E-state index contributed by atoms with van der Waals surface area (Å²) in [7, 11) is -7.82. The van der Waals surface area contributed by atoms with E-state index in [0.717, 1.165) is 67.3 Å².